The minimum atomic E-state index is 0.247. The molecule has 0 spiro atoms. The van der Waals surface area contributed by atoms with Gasteiger partial charge < -0.3 is 15.7 Å². The van der Waals surface area contributed by atoms with Gasteiger partial charge in [0.05, 0.1) is 6.61 Å². The van der Waals surface area contributed by atoms with Crippen LogP contribution in [0.1, 0.15) is 12.0 Å². The molecule has 1 aromatic carbocycles. The van der Waals surface area contributed by atoms with Crippen molar-refractivity contribution in [2.45, 2.75) is 13.3 Å². The van der Waals surface area contributed by atoms with Crippen molar-refractivity contribution in [2.75, 3.05) is 50.0 Å². The van der Waals surface area contributed by atoms with E-state index in [1.54, 1.807) is 0 Å². The number of nitrogens with two attached hydrogens (primary N) is 1. The third-order valence-corrected chi connectivity index (χ3v) is 3.69. The minimum Gasteiger partial charge on any atom is -0.398 e. The van der Waals surface area contributed by atoms with Crippen LogP contribution in [0.2, 0.25) is 0 Å². The normalized spacial score (nSPS) is 17.8. The Morgan fingerprint density at radius 3 is 2.83 bits per heavy atom. The fourth-order valence-electron chi connectivity index (χ4n) is 2.56. The fraction of sp³-hybridized carbons (Fsp3) is 0.571. The van der Waals surface area contributed by atoms with Gasteiger partial charge in [-0.05, 0) is 37.6 Å². The van der Waals surface area contributed by atoms with Crippen LogP contribution in [-0.2, 0) is 0 Å². The average Bonchev–Trinajstić information content (AvgIpc) is 2.59. The number of hydrogen-bond acceptors (Lipinski definition) is 4. The SMILES string of the molecule is Cc1c(N)cccc1N1CCCN(CCO)CC1. The first-order chi connectivity index (χ1) is 8.72. The van der Waals surface area contributed by atoms with Crippen LogP contribution in [0.5, 0.6) is 0 Å². The zero-order chi connectivity index (χ0) is 13.0. The number of hydrogen-bond donors (Lipinski definition) is 2. The molecule has 1 aliphatic heterocycles. The second-order valence-electron chi connectivity index (χ2n) is 4.90. The molecule has 0 amide bonds. The molecule has 0 unspecified atom stereocenters. The van der Waals surface area contributed by atoms with Crippen LogP contribution in [0.15, 0.2) is 18.2 Å². The lowest BCUT2D eigenvalue weighted by Gasteiger charge is -2.25. The molecule has 2 rings (SSSR count). The van der Waals surface area contributed by atoms with E-state index >= 15 is 0 Å². The van der Waals surface area contributed by atoms with Crippen molar-refractivity contribution in [3.8, 4) is 0 Å². The summed E-state index contributed by atoms with van der Waals surface area (Å²) in [5.74, 6) is 0. The number of nitrogen functional groups attached to an aromatic ring is 1. The van der Waals surface area contributed by atoms with E-state index < -0.39 is 0 Å². The van der Waals surface area contributed by atoms with Gasteiger partial charge in [0.2, 0.25) is 0 Å². The van der Waals surface area contributed by atoms with Crippen molar-refractivity contribution in [3.63, 3.8) is 0 Å². The van der Waals surface area contributed by atoms with Gasteiger partial charge in [-0.25, -0.2) is 0 Å². The Morgan fingerprint density at radius 2 is 2.06 bits per heavy atom. The molecule has 1 heterocycles. The third-order valence-electron chi connectivity index (χ3n) is 3.69. The zero-order valence-corrected chi connectivity index (χ0v) is 11.1. The molecule has 1 saturated heterocycles. The molecule has 1 aliphatic rings. The third kappa shape index (κ3) is 2.94. The summed E-state index contributed by atoms with van der Waals surface area (Å²) in [4.78, 5) is 4.73. The van der Waals surface area contributed by atoms with E-state index in [0.29, 0.717) is 0 Å². The van der Waals surface area contributed by atoms with Gasteiger partial charge >= 0.3 is 0 Å². The Hall–Kier alpha value is -1.26. The summed E-state index contributed by atoms with van der Waals surface area (Å²) in [7, 11) is 0. The van der Waals surface area contributed by atoms with Crippen LogP contribution >= 0.6 is 0 Å². The highest BCUT2D eigenvalue weighted by atomic mass is 16.3. The van der Waals surface area contributed by atoms with Crippen molar-refractivity contribution in [1.82, 2.24) is 4.90 Å². The van der Waals surface area contributed by atoms with Gasteiger partial charge in [0.15, 0.2) is 0 Å². The van der Waals surface area contributed by atoms with Crippen molar-refractivity contribution in [2.24, 2.45) is 0 Å². The Kier molecular flexibility index (Phi) is 4.44. The summed E-state index contributed by atoms with van der Waals surface area (Å²) in [6.07, 6.45) is 1.13. The van der Waals surface area contributed by atoms with Gasteiger partial charge in [-0.15, -0.1) is 0 Å². The Bertz CT molecular complexity index is 395. The van der Waals surface area contributed by atoms with E-state index in [-0.39, 0.29) is 6.61 Å². The summed E-state index contributed by atoms with van der Waals surface area (Å²) < 4.78 is 0. The van der Waals surface area contributed by atoms with E-state index in [1.807, 2.05) is 12.1 Å². The number of aliphatic hydroxyl groups excluding tert-OH is 1. The second-order valence-corrected chi connectivity index (χ2v) is 4.90. The van der Waals surface area contributed by atoms with E-state index in [4.69, 9.17) is 10.8 Å². The Morgan fingerprint density at radius 1 is 1.22 bits per heavy atom. The lowest BCUT2D eigenvalue weighted by Crippen LogP contribution is -2.32. The van der Waals surface area contributed by atoms with Crippen molar-refractivity contribution < 1.29 is 5.11 Å². The van der Waals surface area contributed by atoms with Crippen molar-refractivity contribution in [3.05, 3.63) is 23.8 Å². The maximum atomic E-state index is 9.00. The zero-order valence-electron chi connectivity index (χ0n) is 11.1. The van der Waals surface area contributed by atoms with E-state index in [9.17, 15) is 0 Å². The highest BCUT2D eigenvalue weighted by Gasteiger charge is 2.16. The van der Waals surface area contributed by atoms with Crippen molar-refractivity contribution in [1.29, 1.82) is 0 Å². The number of anilines is 2. The lowest BCUT2D eigenvalue weighted by molar-refractivity contribution is 0.204. The van der Waals surface area contributed by atoms with Gasteiger partial charge in [0.1, 0.15) is 0 Å². The van der Waals surface area contributed by atoms with Gasteiger partial charge in [-0.3, -0.25) is 4.90 Å². The molecule has 0 saturated carbocycles. The molecule has 1 aromatic rings. The number of benzene rings is 1. The van der Waals surface area contributed by atoms with Crippen LogP contribution in [0.4, 0.5) is 11.4 Å². The molecule has 0 atom stereocenters. The molecule has 3 N–H and O–H groups in total. The van der Waals surface area contributed by atoms with Crippen LogP contribution in [0.25, 0.3) is 0 Å². The highest BCUT2D eigenvalue weighted by molar-refractivity contribution is 5.64. The Balaban J connectivity index is 2.07. The maximum Gasteiger partial charge on any atom is 0.0558 e. The molecule has 1 fully saturated rings. The molecular formula is C14H23N3O. The van der Waals surface area contributed by atoms with Crippen LogP contribution in [0, 0.1) is 6.92 Å². The van der Waals surface area contributed by atoms with Gasteiger partial charge in [0.25, 0.3) is 0 Å². The van der Waals surface area contributed by atoms with E-state index in [2.05, 4.69) is 22.8 Å². The first-order valence-electron chi connectivity index (χ1n) is 6.65. The molecule has 18 heavy (non-hydrogen) atoms. The summed E-state index contributed by atoms with van der Waals surface area (Å²) in [6.45, 7) is 7.26. The van der Waals surface area contributed by atoms with Gasteiger partial charge in [0, 0.05) is 37.6 Å². The molecular weight excluding hydrogens is 226 g/mol. The Labute approximate surface area is 109 Å². The topological polar surface area (TPSA) is 52.7 Å². The van der Waals surface area contributed by atoms with E-state index in [1.165, 1.54) is 11.3 Å². The van der Waals surface area contributed by atoms with Gasteiger partial charge in [-0.2, -0.15) is 0 Å². The van der Waals surface area contributed by atoms with Crippen LogP contribution in [-0.4, -0.2) is 49.3 Å². The molecule has 0 aliphatic carbocycles. The second kappa shape index (κ2) is 6.07. The summed E-state index contributed by atoms with van der Waals surface area (Å²) in [5, 5.41) is 9.00. The molecule has 0 aromatic heterocycles. The largest absolute Gasteiger partial charge is 0.398 e. The first-order valence-corrected chi connectivity index (χ1v) is 6.65. The number of nitrogens with zero attached hydrogens (tertiary/aromatic N) is 2. The summed E-state index contributed by atoms with van der Waals surface area (Å²) in [6, 6.07) is 6.12. The minimum absolute atomic E-state index is 0.247. The number of β-amino-alcohol motifs (C(OH)–C–C–N with tert-alkyl or cyclic N) is 1. The maximum absolute atomic E-state index is 9.00. The summed E-state index contributed by atoms with van der Waals surface area (Å²) >= 11 is 0. The van der Waals surface area contributed by atoms with Crippen LogP contribution in [0.3, 0.4) is 0 Å². The quantitative estimate of drug-likeness (QED) is 0.787. The molecule has 100 valence electrons. The van der Waals surface area contributed by atoms with Crippen LogP contribution < -0.4 is 10.6 Å². The number of aliphatic hydroxyl groups is 1. The standard InChI is InChI=1S/C14H23N3O/c1-12-13(15)4-2-5-14(12)17-7-3-6-16(8-9-17)10-11-18/h2,4-5,18H,3,6-11,15H2,1H3. The molecule has 4 heteroatoms. The lowest BCUT2D eigenvalue weighted by atomic mass is 10.1. The average molecular weight is 249 g/mol. The highest BCUT2D eigenvalue weighted by Crippen LogP contribution is 2.25. The molecule has 0 bridgehead atoms. The van der Waals surface area contributed by atoms with Crippen molar-refractivity contribution >= 4 is 11.4 Å². The predicted octanol–water partition coefficient (Wildman–Crippen LogP) is 1.08. The number of rotatable bonds is 3. The predicted molar refractivity (Wildman–Crippen MR) is 75.9 cm³/mol. The molecule has 4 nitrogen and oxygen atoms in total. The van der Waals surface area contributed by atoms with Gasteiger partial charge in [-0.1, -0.05) is 6.07 Å². The molecule has 0 radical (unpaired) electrons. The summed E-state index contributed by atoms with van der Waals surface area (Å²) in [5.41, 5.74) is 9.26. The van der Waals surface area contributed by atoms with E-state index in [0.717, 1.165) is 44.8 Å². The first kappa shape index (κ1) is 13.2. The monoisotopic (exact) mass is 249 g/mol. The fourth-order valence-corrected chi connectivity index (χ4v) is 2.56. The smallest absolute Gasteiger partial charge is 0.0558 e.